The van der Waals surface area contributed by atoms with Crippen LogP contribution in [0, 0.1) is 6.92 Å². The SMILES string of the molecule is Cc1ccc(C(=O)O)c([C@@H](N)CF)c1O.Cl. The van der Waals surface area contributed by atoms with Gasteiger partial charge in [0, 0.05) is 5.56 Å². The van der Waals surface area contributed by atoms with Crippen molar-refractivity contribution in [3.63, 3.8) is 0 Å². The molecule has 0 amide bonds. The molecule has 6 heteroatoms. The molecular formula is C10H13ClFNO3. The van der Waals surface area contributed by atoms with E-state index in [-0.39, 0.29) is 29.3 Å². The topological polar surface area (TPSA) is 83.5 Å². The van der Waals surface area contributed by atoms with Crippen LogP contribution in [-0.2, 0) is 0 Å². The summed E-state index contributed by atoms with van der Waals surface area (Å²) in [6.45, 7) is 0.673. The highest BCUT2D eigenvalue weighted by molar-refractivity contribution is 5.90. The number of rotatable bonds is 3. The lowest BCUT2D eigenvalue weighted by atomic mass is 9.97. The van der Waals surface area contributed by atoms with Crippen molar-refractivity contribution in [2.45, 2.75) is 13.0 Å². The van der Waals surface area contributed by atoms with Crippen LogP contribution in [0.3, 0.4) is 0 Å². The van der Waals surface area contributed by atoms with E-state index in [4.69, 9.17) is 10.8 Å². The Morgan fingerprint density at radius 1 is 1.56 bits per heavy atom. The van der Waals surface area contributed by atoms with Gasteiger partial charge in [-0.25, -0.2) is 9.18 Å². The molecule has 0 bridgehead atoms. The molecule has 16 heavy (non-hydrogen) atoms. The number of aryl methyl sites for hydroxylation is 1. The molecular weight excluding hydrogens is 237 g/mol. The van der Waals surface area contributed by atoms with Gasteiger partial charge < -0.3 is 15.9 Å². The number of nitrogens with two attached hydrogens (primary N) is 1. The van der Waals surface area contributed by atoms with Crippen molar-refractivity contribution in [3.05, 3.63) is 28.8 Å². The summed E-state index contributed by atoms with van der Waals surface area (Å²) in [5.41, 5.74) is 5.66. The van der Waals surface area contributed by atoms with Crippen LogP contribution >= 0.6 is 12.4 Å². The van der Waals surface area contributed by atoms with Crippen molar-refractivity contribution in [2.75, 3.05) is 6.67 Å². The van der Waals surface area contributed by atoms with Gasteiger partial charge in [-0.15, -0.1) is 12.4 Å². The Hall–Kier alpha value is -1.33. The van der Waals surface area contributed by atoms with Crippen LogP contribution in [0.25, 0.3) is 0 Å². The molecule has 1 rings (SSSR count). The zero-order chi connectivity index (χ0) is 11.6. The van der Waals surface area contributed by atoms with Crippen LogP contribution < -0.4 is 5.73 Å². The monoisotopic (exact) mass is 249 g/mol. The molecule has 90 valence electrons. The Balaban J connectivity index is 0.00000225. The smallest absolute Gasteiger partial charge is 0.336 e. The number of alkyl halides is 1. The summed E-state index contributed by atoms with van der Waals surface area (Å²) in [6, 6.07) is 1.64. The predicted octanol–water partition coefficient (Wildman–Crippen LogP) is 1.79. The highest BCUT2D eigenvalue weighted by Gasteiger charge is 2.21. The lowest BCUT2D eigenvalue weighted by Gasteiger charge is -2.14. The second-order valence-electron chi connectivity index (χ2n) is 3.26. The third kappa shape index (κ3) is 2.62. The van der Waals surface area contributed by atoms with Crippen molar-refractivity contribution in [1.29, 1.82) is 0 Å². The highest BCUT2D eigenvalue weighted by Crippen LogP contribution is 2.30. The van der Waals surface area contributed by atoms with E-state index in [1.807, 2.05) is 0 Å². The van der Waals surface area contributed by atoms with Gasteiger partial charge in [0.15, 0.2) is 0 Å². The molecule has 1 aromatic carbocycles. The molecule has 0 aliphatic carbocycles. The molecule has 4 nitrogen and oxygen atoms in total. The minimum absolute atomic E-state index is 0. The van der Waals surface area contributed by atoms with E-state index in [1.54, 1.807) is 6.92 Å². The number of carboxylic acids is 1. The Bertz CT molecular complexity index is 398. The third-order valence-corrected chi connectivity index (χ3v) is 2.19. The molecule has 0 aliphatic heterocycles. The van der Waals surface area contributed by atoms with Gasteiger partial charge in [-0.05, 0) is 18.6 Å². The molecule has 0 heterocycles. The van der Waals surface area contributed by atoms with E-state index < -0.39 is 18.7 Å². The molecule has 0 fully saturated rings. The minimum atomic E-state index is -1.23. The van der Waals surface area contributed by atoms with Crippen LogP contribution in [0.1, 0.15) is 27.5 Å². The molecule has 1 aromatic rings. The normalized spacial score (nSPS) is 11.7. The number of benzene rings is 1. The number of halogens is 2. The Morgan fingerprint density at radius 3 is 2.56 bits per heavy atom. The predicted molar refractivity (Wildman–Crippen MR) is 60.0 cm³/mol. The molecule has 4 N–H and O–H groups in total. The van der Waals surface area contributed by atoms with Gasteiger partial charge in [0.2, 0.25) is 0 Å². The van der Waals surface area contributed by atoms with E-state index in [1.165, 1.54) is 12.1 Å². The fraction of sp³-hybridized carbons (Fsp3) is 0.300. The summed E-state index contributed by atoms with van der Waals surface area (Å²) in [5.74, 6) is -1.48. The van der Waals surface area contributed by atoms with Gasteiger partial charge in [-0.2, -0.15) is 0 Å². The average Bonchev–Trinajstić information content (AvgIpc) is 2.20. The summed E-state index contributed by atoms with van der Waals surface area (Å²) in [6.07, 6.45) is 0. The average molecular weight is 250 g/mol. The molecule has 0 saturated carbocycles. The second kappa shape index (κ2) is 5.67. The van der Waals surface area contributed by atoms with E-state index in [9.17, 15) is 14.3 Å². The molecule has 1 atom stereocenters. The van der Waals surface area contributed by atoms with E-state index in [0.717, 1.165) is 0 Å². The Kier molecular flexibility index (Phi) is 5.20. The Morgan fingerprint density at radius 2 is 2.12 bits per heavy atom. The largest absolute Gasteiger partial charge is 0.507 e. The van der Waals surface area contributed by atoms with E-state index in [0.29, 0.717) is 5.56 Å². The van der Waals surface area contributed by atoms with E-state index in [2.05, 4.69) is 0 Å². The van der Waals surface area contributed by atoms with Gasteiger partial charge >= 0.3 is 5.97 Å². The summed E-state index contributed by atoms with van der Waals surface area (Å²) >= 11 is 0. The molecule has 0 saturated heterocycles. The summed E-state index contributed by atoms with van der Waals surface area (Å²) in [5, 5.41) is 18.5. The van der Waals surface area contributed by atoms with Crippen LogP contribution in [0.4, 0.5) is 4.39 Å². The fourth-order valence-electron chi connectivity index (χ4n) is 1.36. The number of carbonyl (C=O) groups is 1. The van der Waals surface area contributed by atoms with Gasteiger partial charge in [-0.1, -0.05) is 6.07 Å². The first-order chi connectivity index (χ1) is 6.99. The number of aromatic carboxylic acids is 1. The van der Waals surface area contributed by atoms with Gasteiger partial charge in [0.1, 0.15) is 12.4 Å². The quantitative estimate of drug-likeness (QED) is 0.763. The van der Waals surface area contributed by atoms with Crippen molar-refractivity contribution in [3.8, 4) is 5.75 Å². The summed E-state index contributed by atoms with van der Waals surface area (Å²) < 4.78 is 12.4. The first-order valence-corrected chi connectivity index (χ1v) is 4.36. The number of carboxylic acid groups (broad SMARTS) is 1. The zero-order valence-electron chi connectivity index (χ0n) is 8.61. The van der Waals surface area contributed by atoms with Gasteiger partial charge in [-0.3, -0.25) is 0 Å². The van der Waals surface area contributed by atoms with Crippen LogP contribution in [-0.4, -0.2) is 22.9 Å². The molecule has 0 unspecified atom stereocenters. The number of aromatic hydroxyl groups is 1. The maximum Gasteiger partial charge on any atom is 0.336 e. The summed E-state index contributed by atoms with van der Waals surface area (Å²) in [4.78, 5) is 10.8. The first kappa shape index (κ1) is 14.7. The van der Waals surface area contributed by atoms with Crippen molar-refractivity contribution >= 4 is 18.4 Å². The number of phenolic OH excluding ortho intramolecular Hbond substituents is 1. The number of phenols is 1. The standard InChI is InChI=1S/C10H12FNO3.ClH/c1-5-2-3-6(10(14)15)8(9(5)13)7(12)4-11;/h2-3,7,13H,4,12H2,1H3,(H,14,15);1H/t7-;/m0./s1. The van der Waals surface area contributed by atoms with Crippen molar-refractivity contribution in [1.82, 2.24) is 0 Å². The maximum atomic E-state index is 12.4. The summed E-state index contributed by atoms with van der Waals surface area (Å²) in [7, 11) is 0. The lowest BCUT2D eigenvalue weighted by Crippen LogP contribution is -2.17. The highest BCUT2D eigenvalue weighted by atomic mass is 35.5. The van der Waals surface area contributed by atoms with Crippen molar-refractivity contribution in [2.24, 2.45) is 5.73 Å². The van der Waals surface area contributed by atoms with Crippen LogP contribution in [0.15, 0.2) is 12.1 Å². The zero-order valence-corrected chi connectivity index (χ0v) is 9.42. The number of hydrogen-bond donors (Lipinski definition) is 3. The second-order valence-corrected chi connectivity index (χ2v) is 3.26. The number of hydrogen-bond acceptors (Lipinski definition) is 3. The van der Waals surface area contributed by atoms with Crippen LogP contribution in [0.2, 0.25) is 0 Å². The Labute approximate surface area is 98.3 Å². The maximum absolute atomic E-state index is 12.4. The first-order valence-electron chi connectivity index (χ1n) is 4.36. The molecule has 0 aliphatic rings. The molecule has 0 radical (unpaired) electrons. The molecule has 0 spiro atoms. The molecule has 0 aromatic heterocycles. The van der Waals surface area contributed by atoms with E-state index >= 15 is 0 Å². The van der Waals surface area contributed by atoms with Crippen molar-refractivity contribution < 1.29 is 19.4 Å². The fourth-order valence-corrected chi connectivity index (χ4v) is 1.36. The van der Waals surface area contributed by atoms with Gasteiger partial charge in [0.05, 0.1) is 11.6 Å². The third-order valence-electron chi connectivity index (χ3n) is 2.19. The minimum Gasteiger partial charge on any atom is -0.507 e. The van der Waals surface area contributed by atoms with Gasteiger partial charge in [0.25, 0.3) is 0 Å². The lowest BCUT2D eigenvalue weighted by molar-refractivity contribution is 0.0694. The van der Waals surface area contributed by atoms with Crippen LogP contribution in [0.5, 0.6) is 5.75 Å².